The summed E-state index contributed by atoms with van der Waals surface area (Å²) in [6.07, 6.45) is -3.56. The second-order valence-corrected chi connectivity index (χ2v) is 3.16. The predicted octanol–water partition coefficient (Wildman–Crippen LogP) is 1.82. The lowest BCUT2D eigenvalue weighted by molar-refractivity contribution is -0.148. The average molecular weight is 245 g/mol. The normalized spacial score (nSPS) is 13.9. The summed E-state index contributed by atoms with van der Waals surface area (Å²) in [5.74, 6) is -4.85. The molecule has 7 heteroatoms. The van der Waals surface area contributed by atoms with Crippen LogP contribution in [0.5, 0.6) is 0 Å². The molecular formula is C9H15F4NO2. The van der Waals surface area contributed by atoms with E-state index in [1.165, 1.54) is 0 Å². The van der Waals surface area contributed by atoms with E-state index in [4.69, 9.17) is 0 Å². The van der Waals surface area contributed by atoms with Gasteiger partial charge in [-0.3, -0.25) is 10.1 Å². The Morgan fingerprint density at radius 1 is 1.38 bits per heavy atom. The minimum Gasteiger partial charge on any atom is -0.465 e. The summed E-state index contributed by atoms with van der Waals surface area (Å²) >= 11 is 0. The van der Waals surface area contributed by atoms with Crippen LogP contribution in [0.3, 0.4) is 0 Å². The third-order valence-electron chi connectivity index (χ3n) is 1.88. The zero-order valence-electron chi connectivity index (χ0n) is 9.10. The highest BCUT2D eigenvalue weighted by Crippen LogP contribution is 2.21. The Balaban J connectivity index is 4.19. The second-order valence-electron chi connectivity index (χ2n) is 3.16. The fourth-order valence-corrected chi connectivity index (χ4v) is 0.974. The van der Waals surface area contributed by atoms with Crippen molar-refractivity contribution in [1.82, 2.24) is 5.32 Å². The number of carbonyl (C=O) groups excluding carboxylic acids is 1. The molecule has 0 rings (SSSR count). The van der Waals surface area contributed by atoms with Crippen LogP contribution in [0.2, 0.25) is 0 Å². The average Bonchev–Trinajstić information content (AvgIpc) is 2.18. The number of esters is 1. The van der Waals surface area contributed by atoms with E-state index in [1.807, 2.05) is 0 Å². The second kappa shape index (κ2) is 6.67. The lowest BCUT2D eigenvalue weighted by Crippen LogP contribution is -2.46. The minimum atomic E-state index is -4.14. The van der Waals surface area contributed by atoms with Gasteiger partial charge in [0.1, 0.15) is 6.04 Å². The van der Waals surface area contributed by atoms with Crippen LogP contribution in [0, 0.1) is 0 Å². The molecule has 0 heterocycles. The third-order valence-corrected chi connectivity index (χ3v) is 1.88. The van der Waals surface area contributed by atoms with Crippen molar-refractivity contribution in [3.05, 3.63) is 0 Å². The summed E-state index contributed by atoms with van der Waals surface area (Å²) in [4.78, 5) is 11.1. The van der Waals surface area contributed by atoms with E-state index in [1.54, 1.807) is 13.8 Å². The molecule has 0 saturated carbocycles. The van der Waals surface area contributed by atoms with Gasteiger partial charge in [0.15, 0.2) is 0 Å². The van der Waals surface area contributed by atoms with Crippen LogP contribution >= 0.6 is 0 Å². The van der Waals surface area contributed by atoms with Crippen LogP contribution in [-0.4, -0.2) is 37.5 Å². The molecule has 1 unspecified atom stereocenters. The van der Waals surface area contributed by atoms with Crippen molar-refractivity contribution in [3.8, 4) is 0 Å². The lowest BCUT2D eigenvalue weighted by Gasteiger charge is -2.20. The molecule has 0 aliphatic carbocycles. The standard InChI is InChI=1S/C9H15F4NO2/c1-3-6(7(15)16-4-2)14-5-9(12,13)8(10)11/h6,8,14H,3-5H2,1-2H3. The van der Waals surface area contributed by atoms with Gasteiger partial charge in [-0.15, -0.1) is 0 Å². The van der Waals surface area contributed by atoms with Gasteiger partial charge in [-0.05, 0) is 13.3 Å². The van der Waals surface area contributed by atoms with E-state index in [2.05, 4.69) is 10.1 Å². The Hall–Kier alpha value is -0.850. The van der Waals surface area contributed by atoms with E-state index in [0.29, 0.717) is 0 Å². The summed E-state index contributed by atoms with van der Waals surface area (Å²) in [7, 11) is 0. The largest absolute Gasteiger partial charge is 0.465 e. The molecule has 96 valence electrons. The van der Waals surface area contributed by atoms with Gasteiger partial charge < -0.3 is 4.74 Å². The fourth-order valence-electron chi connectivity index (χ4n) is 0.974. The molecule has 3 nitrogen and oxygen atoms in total. The van der Waals surface area contributed by atoms with Gasteiger partial charge in [-0.25, -0.2) is 8.78 Å². The highest BCUT2D eigenvalue weighted by atomic mass is 19.3. The van der Waals surface area contributed by atoms with Crippen LogP contribution in [0.15, 0.2) is 0 Å². The first-order valence-corrected chi connectivity index (χ1v) is 4.91. The van der Waals surface area contributed by atoms with Gasteiger partial charge in [0.25, 0.3) is 0 Å². The van der Waals surface area contributed by atoms with Gasteiger partial charge >= 0.3 is 18.3 Å². The first-order chi connectivity index (χ1) is 7.35. The smallest absolute Gasteiger partial charge is 0.323 e. The number of alkyl halides is 4. The topological polar surface area (TPSA) is 38.3 Å². The summed E-state index contributed by atoms with van der Waals surface area (Å²) < 4.78 is 53.3. The molecule has 0 spiro atoms. The zero-order valence-corrected chi connectivity index (χ0v) is 9.10. The van der Waals surface area contributed by atoms with Crippen molar-refractivity contribution < 1.29 is 27.1 Å². The molecule has 0 bridgehead atoms. The highest BCUT2D eigenvalue weighted by Gasteiger charge is 2.41. The molecule has 0 saturated heterocycles. The Morgan fingerprint density at radius 2 is 1.94 bits per heavy atom. The number of rotatable bonds is 7. The number of hydrogen-bond donors (Lipinski definition) is 1. The Bertz CT molecular complexity index is 224. The summed E-state index contributed by atoms with van der Waals surface area (Å²) in [5, 5.41) is 2.07. The Morgan fingerprint density at radius 3 is 2.31 bits per heavy atom. The molecule has 0 aromatic carbocycles. The van der Waals surface area contributed by atoms with Crippen molar-refractivity contribution in [1.29, 1.82) is 0 Å². The molecule has 1 N–H and O–H groups in total. The predicted molar refractivity (Wildman–Crippen MR) is 49.7 cm³/mol. The van der Waals surface area contributed by atoms with E-state index in [-0.39, 0.29) is 13.0 Å². The van der Waals surface area contributed by atoms with Crippen LogP contribution in [0.1, 0.15) is 20.3 Å². The number of carbonyl (C=O) groups is 1. The van der Waals surface area contributed by atoms with Gasteiger partial charge in [-0.1, -0.05) is 6.92 Å². The number of ether oxygens (including phenoxy) is 1. The van der Waals surface area contributed by atoms with Gasteiger partial charge in [-0.2, -0.15) is 8.78 Å². The molecule has 0 aromatic heterocycles. The summed E-state index contributed by atoms with van der Waals surface area (Å²) in [6.45, 7) is 2.00. The van der Waals surface area contributed by atoms with E-state index >= 15 is 0 Å². The summed E-state index contributed by atoms with van der Waals surface area (Å²) in [6, 6.07) is -0.982. The summed E-state index contributed by atoms with van der Waals surface area (Å²) in [5.41, 5.74) is 0. The third kappa shape index (κ3) is 4.78. The number of hydrogen-bond acceptors (Lipinski definition) is 3. The van der Waals surface area contributed by atoms with E-state index in [9.17, 15) is 22.4 Å². The van der Waals surface area contributed by atoms with Crippen LogP contribution < -0.4 is 5.32 Å². The first kappa shape index (κ1) is 15.2. The molecular weight excluding hydrogens is 230 g/mol. The zero-order chi connectivity index (χ0) is 12.8. The molecule has 0 amide bonds. The van der Waals surface area contributed by atoms with Gasteiger partial charge in [0.05, 0.1) is 13.2 Å². The first-order valence-electron chi connectivity index (χ1n) is 4.91. The Kier molecular flexibility index (Phi) is 6.32. The maximum Gasteiger partial charge on any atom is 0.323 e. The van der Waals surface area contributed by atoms with Gasteiger partial charge in [0, 0.05) is 0 Å². The maximum absolute atomic E-state index is 12.5. The Labute approximate surface area is 91.1 Å². The number of nitrogens with one attached hydrogen (secondary N) is 1. The van der Waals surface area contributed by atoms with Crippen LogP contribution in [-0.2, 0) is 9.53 Å². The van der Waals surface area contributed by atoms with E-state index < -0.39 is 30.9 Å². The van der Waals surface area contributed by atoms with Crippen molar-refractivity contribution >= 4 is 5.97 Å². The quantitative estimate of drug-likeness (QED) is 0.549. The molecule has 0 aliphatic heterocycles. The van der Waals surface area contributed by atoms with Crippen molar-refractivity contribution in [2.24, 2.45) is 0 Å². The van der Waals surface area contributed by atoms with Gasteiger partial charge in [0.2, 0.25) is 0 Å². The maximum atomic E-state index is 12.5. The lowest BCUT2D eigenvalue weighted by atomic mass is 10.2. The fraction of sp³-hybridized carbons (Fsp3) is 0.889. The monoisotopic (exact) mass is 245 g/mol. The SMILES string of the molecule is CCOC(=O)C(CC)NCC(F)(F)C(F)F. The van der Waals surface area contributed by atoms with Crippen molar-refractivity contribution in [3.63, 3.8) is 0 Å². The molecule has 16 heavy (non-hydrogen) atoms. The van der Waals surface area contributed by atoms with Crippen molar-refractivity contribution in [2.75, 3.05) is 13.2 Å². The molecule has 1 atom stereocenters. The van der Waals surface area contributed by atoms with Crippen LogP contribution in [0.25, 0.3) is 0 Å². The number of halogens is 4. The van der Waals surface area contributed by atoms with Crippen molar-refractivity contribution in [2.45, 2.75) is 38.7 Å². The molecule has 0 aromatic rings. The highest BCUT2D eigenvalue weighted by molar-refractivity contribution is 5.75. The molecule has 0 fully saturated rings. The molecule has 0 aliphatic rings. The molecule has 0 radical (unpaired) electrons. The van der Waals surface area contributed by atoms with Crippen LogP contribution in [0.4, 0.5) is 17.6 Å². The van der Waals surface area contributed by atoms with E-state index in [0.717, 1.165) is 0 Å². The minimum absolute atomic E-state index is 0.113.